The van der Waals surface area contributed by atoms with Crippen LogP contribution in [0.25, 0.3) is 0 Å². The molecule has 0 spiro atoms. The third-order valence-corrected chi connectivity index (χ3v) is 5.12. The second kappa shape index (κ2) is 17.7. The molecular formula is C20H44N2O2. The van der Waals surface area contributed by atoms with Gasteiger partial charge in [-0.2, -0.15) is 0 Å². The molecule has 0 aliphatic heterocycles. The molecule has 0 aromatic rings. The summed E-state index contributed by atoms with van der Waals surface area (Å²) in [6, 6.07) is 0. The Hall–Kier alpha value is -0.160. The third kappa shape index (κ3) is 15.4. The van der Waals surface area contributed by atoms with E-state index in [1.165, 1.54) is 70.6 Å². The highest BCUT2D eigenvalue weighted by Crippen LogP contribution is 2.27. The lowest BCUT2D eigenvalue weighted by atomic mass is 9.81. The first kappa shape index (κ1) is 23.8. The standard InChI is InChI=1S/C12H26O2.C8H18N2/c1-2-3-4-5-6-7-8-9-10-11-12(13)14;9-5-7-2-1-3-8(4-7)6-10/h12-14H,2-11H2,1H3;7-8H,1-6,9-10H2. The summed E-state index contributed by atoms with van der Waals surface area (Å²) in [6.45, 7) is 3.95. The summed E-state index contributed by atoms with van der Waals surface area (Å²) >= 11 is 0. The van der Waals surface area contributed by atoms with Crippen LogP contribution in [0.1, 0.15) is 96.8 Å². The zero-order valence-electron chi connectivity index (χ0n) is 16.1. The van der Waals surface area contributed by atoms with Gasteiger partial charge in [0, 0.05) is 0 Å². The van der Waals surface area contributed by atoms with Crippen molar-refractivity contribution in [1.82, 2.24) is 0 Å². The number of hydrogen-bond acceptors (Lipinski definition) is 4. The van der Waals surface area contributed by atoms with Gasteiger partial charge < -0.3 is 21.7 Å². The SMILES string of the molecule is CCCCCCCCCCCC(O)O.NCC1CCCC(CN)C1. The van der Waals surface area contributed by atoms with Crippen molar-refractivity contribution in [2.24, 2.45) is 23.3 Å². The summed E-state index contributed by atoms with van der Waals surface area (Å²) in [5.74, 6) is 1.53. The van der Waals surface area contributed by atoms with Gasteiger partial charge in [-0.05, 0) is 57.0 Å². The highest BCUT2D eigenvalue weighted by molar-refractivity contribution is 4.73. The minimum absolute atomic E-state index is 0.538. The molecule has 24 heavy (non-hydrogen) atoms. The maximum absolute atomic E-state index is 8.61. The second-order valence-corrected chi connectivity index (χ2v) is 7.47. The molecule has 1 rings (SSSR count). The number of unbranched alkanes of at least 4 members (excludes halogenated alkanes) is 8. The molecule has 0 amide bonds. The topological polar surface area (TPSA) is 92.5 Å². The first-order valence-corrected chi connectivity index (χ1v) is 10.4. The quantitative estimate of drug-likeness (QED) is 0.319. The van der Waals surface area contributed by atoms with E-state index in [1.54, 1.807) is 0 Å². The zero-order valence-corrected chi connectivity index (χ0v) is 16.1. The number of aliphatic hydroxyl groups is 2. The summed E-state index contributed by atoms with van der Waals surface area (Å²) in [7, 11) is 0. The first-order valence-electron chi connectivity index (χ1n) is 10.4. The van der Waals surface area contributed by atoms with Gasteiger partial charge in [0.1, 0.15) is 0 Å². The van der Waals surface area contributed by atoms with Crippen molar-refractivity contribution in [2.45, 2.75) is 103 Å². The van der Waals surface area contributed by atoms with E-state index >= 15 is 0 Å². The molecular weight excluding hydrogens is 300 g/mol. The molecule has 0 radical (unpaired) electrons. The zero-order chi connectivity index (χ0) is 18.0. The Morgan fingerprint density at radius 3 is 1.67 bits per heavy atom. The normalized spacial score (nSPS) is 20.8. The van der Waals surface area contributed by atoms with Crippen molar-refractivity contribution in [1.29, 1.82) is 0 Å². The van der Waals surface area contributed by atoms with Crippen LogP contribution in [0.4, 0.5) is 0 Å². The lowest BCUT2D eigenvalue weighted by Gasteiger charge is -2.26. The summed E-state index contributed by atoms with van der Waals surface area (Å²) < 4.78 is 0. The highest BCUT2D eigenvalue weighted by atomic mass is 16.5. The van der Waals surface area contributed by atoms with E-state index in [-0.39, 0.29) is 0 Å². The van der Waals surface area contributed by atoms with Crippen LogP contribution in [0.15, 0.2) is 0 Å². The van der Waals surface area contributed by atoms with E-state index in [0.29, 0.717) is 6.42 Å². The fraction of sp³-hybridized carbons (Fsp3) is 1.00. The lowest BCUT2D eigenvalue weighted by molar-refractivity contribution is -0.0466. The second-order valence-electron chi connectivity index (χ2n) is 7.47. The number of hydrogen-bond donors (Lipinski definition) is 4. The van der Waals surface area contributed by atoms with Crippen LogP contribution < -0.4 is 11.5 Å². The van der Waals surface area contributed by atoms with E-state index in [9.17, 15) is 0 Å². The molecule has 0 bridgehead atoms. The molecule has 6 N–H and O–H groups in total. The Morgan fingerprint density at radius 1 is 0.792 bits per heavy atom. The monoisotopic (exact) mass is 344 g/mol. The molecule has 1 aliphatic carbocycles. The Kier molecular flexibility index (Phi) is 17.5. The van der Waals surface area contributed by atoms with Crippen molar-refractivity contribution in [3.63, 3.8) is 0 Å². The van der Waals surface area contributed by atoms with Crippen LogP contribution in [0, 0.1) is 11.8 Å². The fourth-order valence-electron chi connectivity index (χ4n) is 3.47. The van der Waals surface area contributed by atoms with Crippen LogP contribution in [-0.2, 0) is 0 Å². The number of aliphatic hydroxyl groups excluding tert-OH is 1. The van der Waals surface area contributed by atoms with Crippen molar-refractivity contribution in [2.75, 3.05) is 13.1 Å². The highest BCUT2D eigenvalue weighted by Gasteiger charge is 2.19. The first-order chi connectivity index (χ1) is 11.6. The van der Waals surface area contributed by atoms with E-state index in [2.05, 4.69) is 6.92 Å². The van der Waals surface area contributed by atoms with Crippen molar-refractivity contribution in [3.05, 3.63) is 0 Å². The molecule has 1 aliphatic rings. The minimum atomic E-state index is -1.10. The Morgan fingerprint density at radius 2 is 1.25 bits per heavy atom. The lowest BCUT2D eigenvalue weighted by Crippen LogP contribution is -2.26. The minimum Gasteiger partial charge on any atom is -0.368 e. The third-order valence-electron chi connectivity index (χ3n) is 5.12. The van der Waals surface area contributed by atoms with Gasteiger partial charge in [-0.15, -0.1) is 0 Å². The fourth-order valence-corrected chi connectivity index (χ4v) is 3.47. The van der Waals surface area contributed by atoms with E-state index in [0.717, 1.165) is 37.8 Å². The largest absolute Gasteiger partial charge is 0.368 e. The van der Waals surface area contributed by atoms with E-state index in [1.807, 2.05) is 0 Å². The molecule has 1 saturated carbocycles. The van der Waals surface area contributed by atoms with E-state index in [4.69, 9.17) is 21.7 Å². The molecule has 0 aromatic carbocycles. The Labute approximate surface area is 150 Å². The van der Waals surface area contributed by atoms with Gasteiger partial charge >= 0.3 is 0 Å². The van der Waals surface area contributed by atoms with Crippen molar-refractivity contribution in [3.8, 4) is 0 Å². The van der Waals surface area contributed by atoms with Crippen molar-refractivity contribution < 1.29 is 10.2 Å². The predicted octanol–water partition coefficient (Wildman–Crippen LogP) is 3.93. The van der Waals surface area contributed by atoms with Crippen LogP contribution in [-0.4, -0.2) is 29.6 Å². The van der Waals surface area contributed by atoms with Crippen LogP contribution in [0.5, 0.6) is 0 Å². The number of rotatable bonds is 12. The molecule has 0 saturated heterocycles. The van der Waals surface area contributed by atoms with Crippen LogP contribution >= 0.6 is 0 Å². The van der Waals surface area contributed by atoms with Gasteiger partial charge in [-0.25, -0.2) is 0 Å². The molecule has 4 nitrogen and oxygen atoms in total. The van der Waals surface area contributed by atoms with Crippen molar-refractivity contribution >= 4 is 0 Å². The smallest absolute Gasteiger partial charge is 0.151 e. The molecule has 1 fully saturated rings. The van der Waals surface area contributed by atoms with Gasteiger partial charge in [0.15, 0.2) is 6.29 Å². The number of nitrogens with two attached hydrogens (primary N) is 2. The van der Waals surface area contributed by atoms with Gasteiger partial charge in [0.2, 0.25) is 0 Å². The molecule has 2 unspecified atom stereocenters. The maximum Gasteiger partial charge on any atom is 0.151 e. The van der Waals surface area contributed by atoms with E-state index < -0.39 is 6.29 Å². The summed E-state index contributed by atoms with van der Waals surface area (Å²) in [4.78, 5) is 0. The van der Waals surface area contributed by atoms with Gasteiger partial charge in [-0.3, -0.25) is 0 Å². The van der Waals surface area contributed by atoms with Gasteiger partial charge in [0.05, 0.1) is 0 Å². The average molecular weight is 345 g/mol. The molecule has 146 valence electrons. The average Bonchev–Trinajstić information content (AvgIpc) is 2.60. The summed E-state index contributed by atoms with van der Waals surface area (Å²) in [5, 5.41) is 17.2. The molecule has 0 heterocycles. The van der Waals surface area contributed by atoms with Gasteiger partial charge in [-0.1, -0.05) is 64.7 Å². The van der Waals surface area contributed by atoms with Crippen LogP contribution in [0.2, 0.25) is 0 Å². The molecule has 4 heteroatoms. The predicted molar refractivity (Wildman–Crippen MR) is 104 cm³/mol. The molecule has 2 atom stereocenters. The maximum atomic E-state index is 8.61. The molecule has 0 aromatic heterocycles. The summed E-state index contributed by atoms with van der Waals surface area (Å²) in [6.07, 6.45) is 16.1. The Bertz CT molecular complexity index is 240. The van der Waals surface area contributed by atoms with Crippen LogP contribution in [0.3, 0.4) is 0 Å². The summed E-state index contributed by atoms with van der Waals surface area (Å²) in [5.41, 5.74) is 11.2. The Balaban J connectivity index is 0.000000463. The van der Waals surface area contributed by atoms with Gasteiger partial charge in [0.25, 0.3) is 0 Å².